The van der Waals surface area contributed by atoms with E-state index in [4.69, 9.17) is 34.9 Å². The van der Waals surface area contributed by atoms with E-state index in [-0.39, 0.29) is 27.6 Å². The lowest BCUT2D eigenvalue weighted by molar-refractivity contribution is -0.259. The highest BCUT2D eigenvalue weighted by atomic mass is 16.7. The molecule has 1 fully saturated rings. The predicted octanol–water partition coefficient (Wildman–Crippen LogP) is 3.13. The number of ether oxygens (including phenoxy) is 5. The topological polar surface area (TPSA) is 140 Å². The van der Waals surface area contributed by atoms with E-state index in [1.54, 1.807) is 0 Å². The molecule has 2 N–H and O–H groups in total. The minimum atomic E-state index is -1.55. The Morgan fingerprint density at radius 3 is 1.44 bits per heavy atom. The summed E-state index contributed by atoms with van der Waals surface area (Å²) < 4.78 is 58.9. The molecule has 0 aromatic rings. The molecule has 5 atom stereocenters. The molecule has 1 saturated heterocycles. The summed E-state index contributed by atoms with van der Waals surface area (Å²) in [7, 11) is 0. The second-order valence-electron chi connectivity index (χ2n) is 11.9. The second-order valence-corrected chi connectivity index (χ2v) is 11.9. The molecular formula is C26H45NO9. The third-order valence-electron chi connectivity index (χ3n) is 4.99. The number of carbonyl (C=O) groups is 4. The van der Waals surface area contributed by atoms with Crippen molar-refractivity contribution in [2.24, 2.45) is 27.4 Å². The molecule has 208 valence electrons. The van der Waals surface area contributed by atoms with Crippen LogP contribution in [0.5, 0.6) is 0 Å². The zero-order chi connectivity index (χ0) is 31.3. The van der Waals surface area contributed by atoms with Crippen molar-refractivity contribution < 1.29 is 48.3 Å². The Morgan fingerprint density at radius 2 is 1.03 bits per heavy atom. The van der Waals surface area contributed by atoms with Gasteiger partial charge >= 0.3 is 23.9 Å². The fraction of sp³-hybridized carbons (Fsp3) is 0.846. The molecule has 0 radical (unpaired) electrons. The molecule has 10 nitrogen and oxygen atoms in total. The average Bonchev–Trinajstić information content (AvgIpc) is 2.89. The Kier molecular flexibility index (Phi) is 7.81. The molecule has 0 amide bonds. The zero-order valence-electron chi connectivity index (χ0n) is 26.7. The lowest BCUT2D eigenvalue weighted by Gasteiger charge is -2.45. The third kappa shape index (κ3) is 8.73. The normalized spacial score (nSPS) is 27.0. The van der Waals surface area contributed by atoms with Crippen LogP contribution in [0.4, 0.5) is 0 Å². The van der Waals surface area contributed by atoms with Gasteiger partial charge in [-0.25, -0.2) is 0 Å². The van der Waals surface area contributed by atoms with Gasteiger partial charge in [-0.15, -0.1) is 0 Å². The van der Waals surface area contributed by atoms with Crippen LogP contribution in [0.2, 0.25) is 0 Å². The molecule has 0 aliphatic carbocycles. The molecule has 0 aromatic heterocycles. The van der Waals surface area contributed by atoms with E-state index < -0.39 is 82.8 Å². The van der Waals surface area contributed by atoms with Crippen molar-refractivity contribution in [3.8, 4) is 0 Å². The summed E-state index contributed by atoms with van der Waals surface area (Å²) in [5, 5.41) is 0. The fourth-order valence-electron chi connectivity index (χ4n) is 2.69. The number of rotatable bonds is 5. The Balaban J connectivity index is 3.60. The van der Waals surface area contributed by atoms with E-state index in [9.17, 15) is 19.2 Å². The van der Waals surface area contributed by atoms with Crippen molar-refractivity contribution >= 4 is 23.9 Å². The number of hydrogen-bond acceptors (Lipinski definition) is 10. The van der Waals surface area contributed by atoms with Crippen molar-refractivity contribution in [3.05, 3.63) is 0 Å². The van der Waals surface area contributed by atoms with Crippen molar-refractivity contribution in [1.29, 1.82) is 0 Å². The largest absolute Gasteiger partial charge is 0.462 e. The molecule has 36 heavy (non-hydrogen) atoms. The maximum atomic E-state index is 13.1. The highest BCUT2D eigenvalue weighted by Gasteiger charge is 2.53. The highest BCUT2D eigenvalue weighted by Crippen LogP contribution is 2.32. The molecule has 0 saturated carbocycles. The molecule has 0 aromatic carbocycles. The van der Waals surface area contributed by atoms with E-state index in [1.165, 1.54) is 55.4 Å². The number of hydrogen-bond donors (Lipinski definition) is 1. The van der Waals surface area contributed by atoms with Crippen molar-refractivity contribution in [3.63, 3.8) is 0 Å². The molecule has 0 spiro atoms. The van der Waals surface area contributed by atoms with Gasteiger partial charge < -0.3 is 29.4 Å². The molecule has 1 rings (SSSR count). The van der Waals surface area contributed by atoms with Gasteiger partial charge in [0.1, 0.15) is 18.9 Å². The van der Waals surface area contributed by atoms with Gasteiger partial charge in [-0.2, -0.15) is 0 Å². The van der Waals surface area contributed by atoms with E-state index in [0.29, 0.717) is 0 Å². The molecule has 1 unspecified atom stereocenters. The first-order chi connectivity index (χ1) is 18.2. The SMILES string of the molecule is [2H]CC(C)(C)C(=O)OC[C@H]1OC(N)[C@H](OC(=O)C(C)(C)C[2H])[C@@H](OC(=O)C(C)(C)C[2H])[C@H]1OC(=O)C(C)(C)C[2H]. The maximum absolute atomic E-state index is 13.1. The summed E-state index contributed by atoms with van der Waals surface area (Å²) in [4.78, 5) is 51.7. The Labute approximate surface area is 220 Å². The standard InChI is InChI=1S/C26H45NO9/c1-23(2,3)19(28)32-13-14-15(34-20(29)24(4,5)6)16(35-21(30)25(7,8)9)17(18(27)33-14)36-22(31)26(10,11)12/h14-18H,13,27H2,1-12H3/t14-,15+,16+,17-,18?/m1/s1/i1D,4D,7D,10D. The molecule has 1 aliphatic heterocycles. The van der Waals surface area contributed by atoms with E-state index in [1.807, 2.05) is 0 Å². The summed E-state index contributed by atoms with van der Waals surface area (Å²) in [6.45, 7) is 10.1. The molecule has 1 aliphatic rings. The molecule has 0 bridgehead atoms. The Bertz CT molecular complexity index is 926. The first-order valence-electron chi connectivity index (χ1n) is 14.4. The summed E-state index contributed by atoms with van der Waals surface area (Å²) in [6.07, 6.45) is -7.29. The average molecular weight is 520 g/mol. The smallest absolute Gasteiger partial charge is 0.311 e. The number of nitrogens with two attached hydrogens (primary N) is 1. The van der Waals surface area contributed by atoms with Gasteiger partial charge in [0, 0.05) is 5.48 Å². The van der Waals surface area contributed by atoms with Gasteiger partial charge in [-0.3, -0.25) is 19.2 Å². The summed E-state index contributed by atoms with van der Waals surface area (Å²) in [6, 6.07) is 0. The molecule has 1 heterocycles. The maximum Gasteiger partial charge on any atom is 0.311 e. The lowest BCUT2D eigenvalue weighted by Crippen LogP contribution is -2.65. The van der Waals surface area contributed by atoms with Crippen molar-refractivity contribution in [2.75, 3.05) is 6.61 Å². The van der Waals surface area contributed by atoms with Gasteiger partial charge in [-0.05, 0) is 83.0 Å². The summed E-state index contributed by atoms with van der Waals surface area (Å²) in [5.41, 5.74) is 1.22. The van der Waals surface area contributed by atoms with Crippen LogP contribution >= 0.6 is 0 Å². The highest BCUT2D eigenvalue weighted by molar-refractivity contribution is 5.78. The first kappa shape index (κ1) is 25.4. The van der Waals surface area contributed by atoms with E-state index in [0.717, 1.165) is 0 Å². The monoisotopic (exact) mass is 519 g/mol. The lowest BCUT2D eigenvalue weighted by atomic mass is 9.92. The van der Waals surface area contributed by atoms with Crippen LogP contribution in [-0.4, -0.2) is 61.1 Å². The minimum Gasteiger partial charge on any atom is -0.462 e. The minimum absolute atomic E-state index is 0.265. The summed E-state index contributed by atoms with van der Waals surface area (Å²) in [5.74, 6) is -3.29. The van der Waals surface area contributed by atoms with E-state index in [2.05, 4.69) is 0 Å². The quantitative estimate of drug-likeness (QED) is 0.425. The third-order valence-corrected chi connectivity index (χ3v) is 4.99. The van der Waals surface area contributed by atoms with Crippen LogP contribution in [0.3, 0.4) is 0 Å². The van der Waals surface area contributed by atoms with Crippen LogP contribution in [0, 0.1) is 21.7 Å². The Hall–Kier alpha value is -2.20. The molecular weight excluding hydrogens is 470 g/mol. The van der Waals surface area contributed by atoms with Gasteiger partial charge in [0.15, 0.2) is 18.3 Å². The molecule has 10 heteroatoms. The zero-order valence-corrected chi connectivity index (χ0v) is 22.7. The van der Waals surface area contributed by atoms with Gasteiger partial charge in [0.05, 0.1) is 21.7 Å². The fourth-order valence-corrected chi connectivity index (χ4v) is 2.69. The first-order valence-corrected chi connectivity index (χ1v) is 11.6. The predicted molar refractivity (Wildman–Crippen MR) is 131 cm³/mol. The van der Waals surface area contributed by atoms with E-state index >= 15 is 0 Å². The Morgan fingerprint density at radius 1 is 0.667 bits per heavy atom. The van der Waals surface area contributed by atoms with Gasteiger partial charge in [-0.1, -0.05) is 0 Å². The van der Waals surface area contributed by atoms with Crippen molar-refractivity contribution in [2.45, 2.75) is 114 Å². The number of carbonyl (C=O) groups excluding carboxylic acids is 4. The van der Waals surface area contributed by atoms with Crippen LogP contribution in [0.1, 0.15) is 88.5 Å². The second kappa shape index (κ2) is 11.0. The number of esters is 4. The van der Waals surface area contributed by atoms with Crippen LogP contribution in [0.25, 0.3) is 0 Å². The van der Waals surface area contributed by atoms with Crippen LogP contribution in [-0.2, 0) is 42.9 Å². The van der Waals surface area contributed by atoms with Crippen LogP contribution in [0.15, 0.2) is 0 Å². The summed E-state index contributed by atoms with van der Waals surface area (Å²) >= 11 is 0. The van der Waals surface area contributed by atoms with Gasteiger partial charge in [0.2, 0.25) is 0 Å². The van der Waals surface area contributed by atoms with Crippen molar-refractivity contribution in [1.82, 2.24) is 0 Å². The van der Waals surface area contributed by atoms with Crippen LogP contribution < -0.4 is 5.73 Å². The van der Waals surface area contributed by atoms with Gasteiger partial charge in [0.25, 0.3) is 0 Å².